The van der Waals surface area contributed by atoms with Crippen molar-refractivity contribution in [1.29, 1.82) is 0 Å². The molecule has 1 heterocycles. The molecule has 1 nitrogen and oxygen atoms in total. The number of rotatable bonds is 4. The lowest BCUT2D eigenvalue weighted by Crippen LogP contribution is -2.22. The van der Waals surface area contributed by atoms with Gasteiger partial charge in [0.1, 0.15) is 5.82 Å². The first-order valence-electron chi connectivity index (χ1n) is 5.83. The third kappa shape index (κ3) is 3.19. The van der Waals surface area contributed by atoms with Crippen LogP contribution in [-0.2, 0) is 6.54 Å². The standard InChI is InChI=1S/C14H15BrFNS/c1-9(2)17-8-11-4-3-10(7-13(11)16)14-12(15)5-6-18-14/h3-7,9,17H,8H2,1-2H3. The molecule has 1 aromatic carbocycles. The van der Waals surface area contributed by atoms with E-state index >= 15 is 0 Å². The van der Waals surface area contributed by atoms with Crippen molar-refractivity contribution in [3.05, 3.63) is 45.5 Å². The van der Waals surface area contributed by atoms with Crippen LogP contribution in [0.1, 0.15) is 19.4 Å². The number of nitrogens with one attached hydrogen (secondary N) is 1. The number of halogens is 2. The first-order valence-corrected chi connectivity index (χ1v) is 7.50. The summed E-state index contributed by atoms with van der Waals surface area (Å²) in [4.78, 5) is 1.07. The van der Waals surface area contributed by atoms with E-state index in [0.29, 0.717) is 18.2 Å². The summed E-state index contributed by atoms with van der Waals surface area (Å²) in [5.74, 6) is -0.152. The highest BCUT2D eigenvalue weighted by molar-refractivity contribution is 9.10. The summed E-state index contributed by atoms with van der Waals surface area (Å²) in [6.07, 6.45) is 0. The van der Waals surface area contributed by atoms with Gasteiger partial charge in [-0.2, -0.15) is 0 Å². The van der Waals surface area contributed by atoms with Crippen molar-refractivity contribution in [3.63, 3.8) is 0 Å². The van der Waals surface area contributed by atoms with Gasteiger partial charge in [-0.25, -0.2) is 4.39 Å². The SMILES string of the molecule is CC(C)NCc1ccc(-c2sccc2Br)cc1F. The monoisotopic (exact) mass is 327 g/mol. The quantitative estimate of drug-likeness (QED) is 0.849. The van der Waals surface area contributed by atoms with Crippen molar-refractivity contribution >= 4 is 27.3 Å². The van der Waals surface area contributed by atoms with Gasteiger partial charge >= 0.3 is 0 Å². The third-order valence-corrected chi connectivity index (χ3v) is 4.52. The highest BCUT2D eigenvalue weighted by Crippen LogP contribution is 2.34. The Hall–Kier alpha value is -0.710. The molecule has 1 N–H and O–H groups in total. The van der Waals surface area contributed by atoms with Crippen LogP contribution in [0.25, 0.3) is 10.4 Å². The average Bonchev–Trinajstić information content (AvgIpc) is 2.73. The summed E-state index contributed by atoms with van der Waals surface area (Å²) in [5.41, 5.74) is 1.63. The zero-order valence-corrected chi connectivity index (χ0v) is 12.7. The summed E-state index contributed by atoms with van der Waals surface area (Å²) in [6.45, 7) is 4.67. The maximum absolute atomic E-state index is 14.0. The second-order valence-corrected chi connectivity index (χ2v) is 6.21. The Labute approximate surface area is 119 Å². The second kappa shape index (κ2) is 5.95. The molecule has 0 saturated carbocycles. The van der Waals surface area contributed by atoms with E-state index in [4.69, 9.17) is 0 Å². The predicted octanol–water partition coefficient (Wildman–Crippen LogP) is 4.81. The zero-order chi connectivity index (χ0) is 13.1. The Morgan fingerprint density at radius 1 is 1.33 bits per heavy atom. The van der Waals surface area contributed by atoms with Gasteiger partial charge in [-0.1, -0.05) is 26.0 Å². The van der Waals surface area contributed by atoms with Gasteiger partial charge < -0.3 is 5.32 Å². The lowest BCUT2D eigenvalue weighted by Gasteiger charge is -2.10. The smallest absolute Gasteiger partial charge is 0.128 e. The highest BCUT2D eigenvalue weighted by atomic mass is 79.9. The van der Waals surface area contributed by atoms with E-state index in [1.54, 1.807) is 17.4 Å². The van der Waals surface area contributed by atoms with E-state index in [9.17, 15) is 4.39 Å². The Morgan fingerprint density at radius 2 is 2.11 bits per heavy atom. The molecule has 4 heteroatoms. The Bertz CT molecular complexity index is 536. The van der Waals surface area contributed by atoms with Gasteiger partial charge in [0.25, 0.3) is 0 Å². The fourth-order valence-corrected chi connectivity index (χ4v) is 3.25. The molecule has 0 radical (unpaired) electrons. The molecule has 0 aliphatic carbocycles. The van der Waals surface area contributed by atoms with Gasteiger partial charge in [-0.15, -0.1) is 11.3 Å². The molecule has 0 unspecified atom stereocenters. The minimum atomic E-state index is -0.152. The van der Waals surface area contributed by atoms with Crippen LogP contribution < -0.4 is 5.32 Å². The van der Waals surface area contributed by atoms with Crippen LogP contribution in [0.4, 0.5) is 4.39 Å². The van der Waals surface area contributed by atoms with E-state index in [2.05, 4.69) is 35.1 Å². The topological polar surface area (TPSA) is 12.0 Å². The summed E-state index contributed by atoms with van der Waals surface area (Å²) in [5, 5.41) is 5.21. The molecule has 1 aromatic heterocycles. The maximum Gasteiger partial charge on any atom is 0.128 e. The maximum atomic E-state index is 14.0. The highest BCUT2D eigenvalue weighted by Gasteiger charge is 2.08. The molecule has 0 bridgehead atoms. The van der Waals surface area contributed by atoms with E-state index in [1.165, 1.54) is 0 Å². The summed E-state index contributed by atoms with van der Waals surface area (Å²) >= 11 is 5.08. The first-order chi connectivity index (χ1) is 8.58. The summed E-state index contributed by atoms with van der Waals surface area (Å²) < 4.78 is 15.0. The molecule has 0 atom stereocenters. The summed E-state index contributed by atoms with van der Waals surface area (Å²) in [7, 11) is 0. The number of hydrogen-bond donors (Lipinski definition) is 1. The molecule has 0 fully saturated rings. The van der Waals surface area contributed by atoms with E-state index < -0.39 is 0 Å². The lowest BCUT2D eigenvalue weighted by molar-refractivity contribution is 0.553. The van der Waals surface area contributed by atoms with Crippen molar-refractivity contribution in [3.8, 4) is 10.4 Å². The molecule has 96 valence electrons. The van der Waals surface area contributed by atoms with Gasteiger partial charge in [0.15, 0.2) is 0 Å². The van der Waals surface area contributed by atoms with E-state index in [1.807, 2.05) is 23.6 Å². The molecule has 0 aliphatic heterocycles. The predicted molar refractivity (Wildman–Crippen MR) is 79.4 cm³/mol. The zero-order valence-electron chi connectivity index (χ0n) is 10.3. The van der Waals surface area contributed by atoms with Crippen molar-refractivity contribution in [2.24, 2.45) is 0 Å². The molecule has 2 rings (SSSR count). The fourth-order valence-electron chi connectivity index (χ4n) is 1.65. The number of hydrogen-bond acceptors (Lipinski definition) is 2. The second-order valence-electron chi connectivity index (χ2n) is 4.44. The van der Waals surface area contributed by atoms with Gasteiger partial charge in [0.05, 0.1) is 0 Å². The normalized spacial score (nSPS) is 11.2. The Morgan fingerprint density at radius 3 is 2.67 bits per heavy atom. The van der Waals surface area contributed by atoms with Gasteiger partial charge in [0.2, 0.25) is 0 Å². The third-order valence-electron chi connectivity index (χ3n) is 2.63. The number of benzene rings is 1. The molecule has 0 aliphatic rings. The van der Waals surface area contributed by atoms with E-state index in [-0.39, 0.29) is 5.82 Å². The Kier molecular flexibility index (Phi) is 4.54. The lowest BCUT2D eigenvalue weighted by atomic mass is 10.1. The van der Waals surface area contributed by atoms with Gasteiger partial charge in [-0.05, 0) is 39.0 Å². The molecule has 18 heavy (non-hydrogen) atoms. The minimum Gasteiger partial charge on any atom is -0.310 e. The Balaban J connectivity index is 2.22. The molecule has 0 saturated heterocycles. The van der Waals surface area contributed by atoms with Crippen LogP contribution in [0, 0.1) is 5.82 Å². The summed E-state index contributed by atoms with van der Waals surface area (Å²) in [6, 6.07) is 7.76. The van der Waals surface area contributed by atoms with Crippen LogP contribution in [0.5, 0.6) is 0 Å². The van der Waals surface area contributed by atoms with Crippen molar-refractivity contribution in [2.75, 3.05) is 0 Å². The molecular weight excluding hydrogens is 313 g/mol. The van der Waals surface area contributed by atoms with Gasteiger partial charge in [0, 0.05) is 27.5 Å². The molecular formula is C14H15BrFNS. The van der Waals surface area contributed by atoms with Crippen LogP contribution in [0.2, 0.25) is 0 Å². The van der Waals surface area contributed by atoms with Crippen LogP contribution in [0.15, 0.2) is 34.1 Å². The van der Waals surface area contributed by atoms with Crippen LogP contribution in [0.3, 0.4) is 0 Å². The average molecular weight is 328 g/mol. The van der Waals surface area contributed by atoms with Gasteiger partial charge in [-0.3, -0.25) is 0 Å². The van der Waals surface area contributed by atoms with E-state index in [0.717, 1.165) is 14.9 Å². The first kappa shape index (κ1) is 13.7. The van der Waals surface area contributed by atoms with Crippen molar-refractivity contribution < 1.29 is 4.39 Å². The largest absolute Gasteiger partial charge is 0.310 e. The van der Waals surface area contributed by atoms with Crippen LogP contribution >= 0.6 is 27.3 Å². The molecule has 0 amide bonds. The minimum absolute atomic E-state index is 0.152. The molecule has 2 aromatic rings. The van der Waals surface area contributed by atoms with Crippen LogP contribution in [-0.4, -0.2) is 6.04 Å². The fraction of sp³-hybridized carbons (Fsp3) is 0.286. The van der Waals surface area contributed by atoms with Crippen molar-refractivity contribution in [1.82, 2.24) is 5.32 Å². The molecule has 0 spiro atoms. The van der Waals surface area contributed by atoms with Crippen molar-refractivity contribution in [2.45, 2.75) is 26.4 Å². The number of thiophene rings is 1.